The predicted octanol–water partition coefficient (Wildman–Crippen LogP) is 2.40. The van der Waals surface area contributed by atoms with Gasteiger partial charge in [-0.3, -0.25) is 9.48 Å². The van der Waals surface area contributed by atoms with E-state index in [1.165, 1.54) is 0 Å². The number of hydrogen-bond donors (Lipinski definition) is 0. The van der Waals surface area contributed by atoms with Crippen LogP contribution in [-0.4, -0.2) is 19.6 Å². The third-order valence-electron chi connectivity index (χ3n) is 4.11. The fraction of sp³-hybridized carbons (Fsp3) is 0.533. The number of rotatable bonds is 2. The summed E-state index contributed by atoms with van der Waals surface area (Å²) in [6.07, 6.45) is 6.86. The molecular formula is C15H20N4O. The minimum atomic E-state index is -0.0136. The maximum atomic E-state index is 12.1. The second kappa shape index (κ2) is 4.58. The molecule has 0 unspecified atom stereocenters. The highest BCUT2D eigenvalue weighted by atomic mass is 16.1. The van der Waals surface area contributed by atoms with Crippen LogP contribution in [0.3, 0.4) is 0 Å². The minimum Gasteiger partial charge on any atom is -0.275 e. The van der Waals surface area contributed by atoms with Gasteiger partial charge in [0.15, 0.2) is 0 Å². The van der Waals surface area contributed by atoms with Crippen molar-refractivity contribution in [2.45, 2.75) is 39.2 Å². The zero-order valence-electron chi connectivity index (χ0n) is 12.2. The Morgan fingerprint density at radius 3 is 2.75 bits per heavy atom. The van der Waals surface area contributed by atoms with Crippen LogP contribution in [0.15, 0.2) is 29.3 Å². The Balaban J connectivity index is 1.98. The van der Waals surface area contributed by atoms with E-state index in [4.69, 9.17) is 0 Å². The average molecular weight is 272 g/mol. The van der Waals surface area contributed by atoms with E-state index in [9.17, 15) is 4.79 Å². The quantitative estimate of drug-likeness (QED) is 0.843. The van der Waals surface area contributed by atoms with Gasteiger partial charge >= 0.3 is 0 Å². The van der Waals surface area contributed by atoms with Crippen LogP contribution in [0, 0.1) is 5.41 Å². The van der Waals surface area contributed by atoms with Crippen molar-refractivity contribution in [2.75, 3.05) is 0 Å². The van der Waals surface area contributed by atoms with Crippen molar-refractivity contribution in [3.05, 3.63) is 34.9 Å². The molecule has 5 nitrogen and oxygen atoms in total. The lowest BCUT2D eigenvalue weighted by Crippen LogP contribution is -2.26. The molecule has 2 aromatic rings. The highest BCUT2D eigenvalue weighted by Crippen LogP contribution is 2.42. The van der Waals surface area contributed by atoms with Crippen LogP contribution in [0.2, 0.25) is 0 Å². The molecule has 2 aromatic heterocycles. The van der Waals surface area contributed by atoms with E-state index in [0.717, 1.165) is 30.5 Å². The molecule has 1 saturated carbocycles. The Morgan fingerprint density at radius 2 is 2.15 bits per heavy atom. The van der Waals surface area contributed by atoms with Crippen molar-refractivity contribution in [2.24, 2.45) is 12.5 Å². The van der Waals surface area contributed by atoms with Gasteiger partial charge < -0.3 is 0 Å². The summed E-state index contributed by atoms with van der Waals surface area (Å²) in [6.45, 7) is 4.51. The van der Waals surface area contributed by atoms with Crippen LogP contribution in [0.1, 0.15) is 39.2 Å². The molecule has 1 aliphatic rings. The number of nitrogens with zero attached hydrogens (tertiary/aromatic N) is 4. The van der Waals surface area contributed by atoms with Gasteiger partial charge in [0.1, 0.15) is 0 Å². The largest absolute Gasteiger partial charge is 0.275 e. The first-order valence-corrected chi connectivity index (χ1v) is 7.03. The summed E-state index contributed by atoms with van der Waals surface area (Å²) >= 11 is 0. The maximum absolute atomic E-state index is 12.1. The molecule has 20 heavy (non-hydrogen) atoms. The standard InChI is InChI=1S/C15H20N4O/c1-15(2)7-6-12(8-15)19-14(20)5-4-13(17-19)11-9-16-18(3)10-11/h4-5,9-10,12H,6-8H2,1-3H3/t12-/m0/s1. The molecule has 0 aliphatic heterocycles. The minimum absolute atomic E-state index is 0.0136. The molecular weight excluding hydrogens is 252 g/mol. The molecule has 106 valence electrons. The van der Waals surface area contributed by atoms with E-state index in [1.54, 1.807) is 27.7 Å². The van der Waals surface area contributed by atoms with Crippen molar-refractivity contribution < 1.29 is 0 Å². The summed E-state index contributed by atoms with van der Waals surface area (Å²) in [5.41, 5.74) is 2.04. The van der Waals surface area contributed by atoms with Crippen molar-refractivity contribution in [3.8, 4) is 11.3 Å². The number of hydrogen-bond acceptors (Lipinski definition) is 3. The van der Waals surface area contributed by atoms with Crippen molar-refractivity contribution in [1.82, 2.24) is 19.6 Å². The van der Waals surface area contributed by atoms with Gasteiger partial charge in [-0.2, -0.15) is 10.2 Å². The van der Waals surface area contributed by atoms with Crippen LogP contribution >= 0.6 is 0 Å². The van der Waals surface area contributed by atoms with Crippen LogP contribution in [0.4, 0.5) is 0 Å². The van der Waals surface area contributed by atoms with E-state index in [0.29, 0.717) is 5.41 Å². The smallest absolute Gasteiger partial charge is 0.267 e. The Hall–Kier alpha value is -1.91. The van der Waals surface area contributed by atoms with Crippen molar-refractivity contribution in [1.29, 1.82) is 0 Å². The van der Waals surface area contributed by atoms with E-state index in [2.05, 4.69) is 24.0 Å². The van der Waals surface area contributed by atoms with Gasteiger partial charge in [0, 0.05) is 24.9 Å². The molecule has 0 saturated heterocycles. The van der Waals surface area contributed by atoms with Crippen molar-refractivity contribution in [3.63, 3.8) is 0 Å². The third-order valence-corrected chi connectivity index (χ3v) is 4.11. The van der Waals surface area contributed by atoms with Crippen LogP contribution in [0.25, 0.3) is 11.3 Å². The molecule has 1 fully saturated rings. The van der Waals surface area contributed by atoms with Crippen LogP contribution < -0.4 is 5.56 Å². The van der Waals surface area contributed by atoms with E-state index in [-0.39, 0.29) is 11.6 Å². The van der Waals surface area contributed by atoms with E-state index < -0.39 is 0 Å². The molecule has 5 heteroatoms. The van der Waals surface area contributed by atoms with Gasteiger partial charge in [-0.15, -0.1) is 0 Å². The molecule has 0 radical (unpaired) electrons. The summed E-state index contributed by atoms with van der Waals surface area (Å²) in [5.74, 6) is 0. The Bertz CT molecular complexity index is 683. The Morgan fingerprint density at radius 1 is 1.35 bits per heavy atom. The summed E-state index contributed by atoms with van der Waals surface area (Å²) in [6, 6.07) is 3.60. The zero-order chi connectivity index (χ0) is 14.3. The molecule has 2 heterocycles. The predicted molar refractivity (Wildman–Crippen MR) is 77.4 cm³/mol. The summed E-state index contributed by atoms with van der Waals surface area (Å²) in [4.78, 5) is 12.1. The summed E-state index contributed by atoms with van der Waals surface area (Å²) < 4.78 is 3.40. The summed E-state index contributed by atoms with van der Waals surface area (Å²) in [5, 5.41) is 8.71. The second-order valence-corrected chi connectivity index (χ2v) is 6.46. The topological polar surface area (TPSA) is 52.7 Å². The first kappa shape index (κ1) is 13.1. The van der Waals surface area contributed by atoms with Crippen LogP contribution in [-0.2, 0) is 7.05 Å². The first-order chi connectivity index (χ1) is 9.44. The zero-order valence-corrected chi connectivity index (χ0v) is 12.2. The van der Waals surface area contributed by atoms with Gasteiger partial charge in [0.05, 0.1) is 17.9 Å². The maximum Gasteiger partial charge on any atom is 0.267 e. The Kier molecular flexibility index (Phi) is 3.00. The van der Waals surface area contributed by atoms with Gasteiger partial charge in [0.2, 0.25) is 0 Å². The SMILES string of the molecule is Cn1cc(-c2ccc(=O)n([C@H]3CCC(C)(C)C3)n2)cn1. The van der Waals surface area contributed by atoms with Crippen LogP contribution in [0.5, 0.6) is 0 Å². The van der Waals surface area contributed by atoms with Gasteiger partial charge in [-0.05, 0) is 30.7 Å². The fourth-order valence-electron chi connectivity index (χ4n) is 3.00. The molecule has 0 amide bonds. The van der Waals surface area contributed by atoms with Gasteiger partial charge in [0.25, 0.3) is 5.56 Å². The Labute approximate surface area is 118 Å². The second-order valence-electron chi connectivity index (χ2n) is 6.46. The monoisotopic (exact) mass is 272 g/mol. The lowest BCUT2D eigenvalue weighted by atomic mass is 9.92. The molecule has 1 aliphatic carbocycles. The highest BCUT2D eigenvalue weighted by molar-refractivity contribution is 5.55. The van der Waals surface area contributed by atoms with Gasteiger partial charge in [-0.25, -0.2) is 4.68 Å². The molecule has 0 spiro atoms. The van der Waals surface area contributed by atoms with Crippen molar-refractivity contribution >= 4 is 0 Å². The molecule has 1 atom stereocenters. The first-order valence-electron chi connectivity index (χ1n) is 7.03. The third kappa shape index (κ3) is 2.40. The highest BCUT2D eigenvalue weighted by Gasteiger charge is 2.33. The number of aromatic nitrogens is 4. The lowest BCUT2D eigenvalue weighted by molar-refractivity contribution is 0.345. The summed E-state index contributed by atoms with van der Waals surface area (Å²) in [7, 11) is 1.87. The van der Waals surface area contributed by atoms with E-state index in [1.807, 2.05) is 13.2 Å². The fourth-order valence-corrected chi connectivity index (χ4v) is 3.00. The lowest BCUT2D eigenvalue weighted by Gasteiger charge is -2.18. The molecule has 0 N–H and O–H groups in total. The number of aryl methyl sites for hydroxylation is 1. The average Bonchev–Trinajstić information content (AvgIpc) is 2.96. The van der Waals surface area contributed by atoms with E-state index >= 15 is 0 Å². The molecule has 0 bridgehead atoms. The van der Waals surface area contributed by atoms with Gasteiger partial charge in [-0.1, -0.05) is 13.8 Å². The molecule has 0 aromatic carbocycles. The normalized spacial score (nSPS) is 21.2. The molecule has 3 rings (SSSR count).